The van der Waals surface area contributed by atoms with Crippen LogP contribution in [0.25, 0.3) is 0 Å². The van der Waals surface area contributed by atoms with E-state index >= 15 is 0 Å². The van der Waals surface area contributed by atoms with Gasteiger partial charge in [-0.05, 0) is 25.8 Å². The molecule has 120 valence electrons. The zero-order valence-electron chi connectivity index (χ0n) is 13.3. The van der Waals surface area contributed by atoms with Gasteiger partial charge < -0.3 is 10.1 Å². The van der Waals surface area contributed by atoms with Gasteiger partial charge in [0.2, 0.25) is 5.91 Å². The SMILES string of the molecule is COc1ccccc1C1(C(=O)Nc2nc(C)c(C(C)=O)s2)CC1. The van der Waals surface area contributed by atoms with Gasteiger partial charge in [-0.25, -0.2) is 4.98 Å². The maximum Gasteiger partial charge on any atom is 0.236 e. The van der Waals surface area contributed by atoms with Crippen LogP contribution in [-0.2, 0) is 10.2 Å². The van der Waals surface area contributed by atoms with E-state index in [1.165, 1.54) is 18.3 Å². The number of thiazole rings is 1. The highest BCUT2D eigenvalue weighted by atomic mass is 32.1. The molecule has 0 radical (unpaired) electrons. The molecule has 3 rings (SSSR count). The van der Waals surface area contributed by atoms with Crippen LogP contribution in [0.2, 0.25) is 0 Å². The number of nitrogens with zero attached hydrogens (tertiary/aromatic N) is 1. The van der Waals surface area contributed by atoms with E-state index in [9.17, 15) is 9.59 Å². The van der Waals surface area contributed by atoms with Gasteiger partial charge in [0.1, 0.15) is 5.75 Å². The molecule has 0 saturated heterocycles. The number of rotatable bonds is 5. The lowest BCUT2D eigenvalue weighted by Gasteiger charge is -2.17. The summed E-state index contributed by atoms with van der Waals surface area (Å²) in [4.78, 5) is 29.2. The zero-order chi connectivity index (χ0) is 16.6. The van der Waals surface area contributed by atoms with E-state index in [2.05, 4.69) is 10.3 Å². The number of para-hydroxylation sites is 1. The van der Waals surface area contributed by atoms with Crippen molar-refractivity contribution < 1.29 is 14.3 Å². The largest absolute Gasteiger partial charge is 0.496 e. The second-order valence-electron chi connectivity index (χ2n) is 5.73. The molecule has 1 heterocycles. The second kappa shape index (κ2) is 5.77. The molecule has 1 aromatic heterocycles. The van der Waals surface area contributed by atoms with Crippen LogP contribution in [0.4, 0.5) is 5.13 Å². The molecule has 2 aromatic rings. The van der Waals surface area contributed by atoms with Crippen molar-refractivity contribution in [1.82, 2.24) is 4.98 Å². The van der Waals surface area contributed by atoms with Gasteiger partial charge in [0.15, 0.2) is 10.9 Å². The molecular weight excluding hydrogens is 312 g/mol. The van der Waals surface area contributed by atoms with Gasteiger partial charge in [-0.1, -0.05) is 29.5 Å². The second-order valence-corrected chi connectivity index (χ2v) is 6.73. The standard InChI is InChI=1S/C17H18N2O3S/c1-10-14(11(2)20)23-16(18-10)19-15(21)17(8-9-17)12-6-4-5-7-13(12)22-3/h4-7H,8-9H2,1-3H3,(H,18,19,21). The van der Waals surface area contributed by atoms with Crippen molar-refractivity contribution in [1.29, 1.82) is 0 Å². The minimum atomic E-state index is -0.553. The quantitative estimate of drug-likeness (QED) is 0.854. The number of benzene rings is 1. The minimum absolute atomic E-state index is 0.0358. The summed E-state index contributed by atoms with van der Waals surface area (Å²) in [7, 11) is 1.61. The van der Waals surface area contributed by atoms with Gasteiger partial charge in [-0.15, -0.1) is 0 Å². The Morgan fingerprint density at radius 2 is 2.00 bits per heavy atom. The lowest BCUT2D eigenvalue weighted by molar-refractivity contribution is -0.118. The third-order valence-electron chi connectivity index (χ3n) is 4.14. The predicted molar refractivity (Wildman–Crippen MR) is 89.4 cm³/mol. The Hall–Kier alpha value is -2.21. The number of carbonyl (C=O) groups excluding carboxylic acids is 2. The summed E-state index contributed by atoms with van der Waals surface area (Å²) in [6.45, 7) is 3.28. The molecule has 0 atom stereocenters. The van der Waals surface area contributed by atoms with Crippen LogP contribution in [0.15, 0.2) is 24.3 Å². The summed E-state index contributed by atoms with van der Waals surface area (Å²) < 4.78 is 5.39. The normalized spacial score (nSPS) is 15.1. The molecule has 1 saturated carbocycles. The smallest absolute Gasteiger partial charge is 0.236 e. The maximum atomic E-state index is 12.8. The first-order chi connectivity index (χ1) is 11.0. The number of carbonyl (C=O) groups is 2. The van der Waals surface area contributed by atoms with E-state index in [1.807, 2.05) is 24.3 Å². The van der Waals surface area contributed by atoms with E-state index in [0.29, 0.717) is 15.7 Å². The number of Topliss-reactive ketones (excluding diaryl/α,β-unsaturated/α-hetero) is 1. The lowest BCUT2D eigenvalue weighted by Crippen LogP contribution is -2.28. The van der Waals surface area contributed by atoms with Crippen LogP contribution < -0.4 is 10.1 Å². The Balaban J connectivity index is 1.86. The molecule has 0 unspecified atom stereocenters. The average molecular weight is 330 g/mol. The van der Waals surface area contributed by atoms with E-state index in [4.69, 9.17) is 4.74 Å². The van der Waals surface area contributed by atoms with Crippen molar-refractivity contribution in [3.63, 3.8) is 0 Å². The highest BCUT2D eigenvalue weighted by Crippen LogP contribution is 2.52. The van der Waals surface area contributed by atoms with Gasteiger partial charge in [0.05, 0.1) is 23.1 Å². The number of methoxy groups -OCH3 is 1. The minimum Gasteiger partial charge on any atom is -0.496 e. The number of amides is 1. The van der Waals surface area contributed by atoms with Crippen LogP contribution in [0.3, 0.4) is 0 Å². The number of ketones is 1. The van der Waals surface area contributed by atoms with Crippen LogP contribution in [0.5, 0.6) is 5.75 Å². The van der Waals surface area contributed by atoms with Gasteiger partial charge >= 0.3 is 0 Å². The first-order valence-electron chi connectivity index (χ1n) is 7.41. The number of ether oxygens (including phenoxy) is 1. The van der Waals surface area contributed by atoms with Crippen molar-refractivity contribution in [2.24, 2.45) is 0 Å². The lowest BCUT2D eigenvalue weighted by atomic mass is 9.94. The monoisotopic (exact) mass is 330 g/mol. The number of nitrogens with one attached hydrogen (secondary N) is 1. The average Bonchev–Trinajstić information content (AvgIpc) is 3.26. The molecule has 5 nitrogen and oxygen atoms in total. The fraction of sp³-hybridized carbons (Fsp3) is 0.353. The molecular formula is C17H18N2O3S. The zero-order valence-corrected chi connectivity index (χ0v) is 14.1. The highest BCUT2D eigenvalue weighted by Gasteiger charge is 2.53. The van der Waals surface area contributed by atoms with Crippen molar-refractivity contribution in [2.75, 3.05) is 12.4 Å². The van der Waals surface area contributed by atoms with Crippen LogP contribution >= 0.6 is 11.3 Å². The Morgan fingerprint density at radius 1 is 1.30 bits per heavy atom. The van der Waals surface area contributed by atoms with Crippen LogP contribution in [0, 0.1) is 6.92 Å². The van der Waals surface area contributed by atoms with Crippen molar-refractivity contribution in [3.05, 3.63) is 40.4 Å². The fourth-order valence-electron chi connectivity index (χ4n) is 2.78. The van der Waals surface area contributed by atoms with Crippen LogP contribution in [-0.4, -0.2) is 23.8 Å². The van der Waals surface area contributed by atoms with Gasteiger partial charge in [-0.3, -0.25) is 9.59 Å². The maximum absolute atomic E-state index is 12.8. The Labute approximate surface area is 138 Å². The number of aromatic nitrogens is 1. The van der Waals surface area contributed by atoms with E-state index < -0.39 is 5.41 Å². The Morgan fingerprint density at radius 3 is 2.57 bits per heavy atom. The summed E-state index contributed by atoms with van der Waals surface area (Å²) >= 11 is 1.22. The fourth-order valence-corrected chi connectivity index (χ4v) is 3.63. The molecule has 1 aliphatic carbocycles. The summed E-state index contributed by atoms with van der Waals surface area (Å²) in [6, 6.07) is 7.59. The third-order valence-corrected chi connectivity index (χ3v) is 5.32. The molecule has 0 bridgehead atoms. The molecule has 0 aliphatic heterocycles. The first kappa shape index (κ1) is 15.7. The van der Waals surface area contributed by atoms with Gasteiger partial charge in [0.25, 0.3) is 0 Å². The predicted octanol–water partition coefficient (Wildman–Crippen LogP) is 3.33. The Bertz CT molecular complexity index is 778. The Kier molecular flexibility index (Phi) is 3.93. The molecule has 1 amide bonds. The molecule has 23 heavy (non-hydrogen) atoms. The number of aryl methyl sites for hydroxylation is 1. The molecule has 1 aromatic carbocycles. The van der Waals surface area contributed by atoms with E-state index in [1.54, 1.807) is 14.0 Å². The molecule has 1 aliphatic rings. The van der Waals surface area contributed by atoms with E-state index in [0.717, 1.165) is 24.2 Å². The van der Waals surface area contributed by atoms with Crippen molar-refractivity contribution in [2.45, 2.75) is 32.1 Å². The molecule has 0 spiro atoms. The van der Waals surface area contributed by atoms with Gasteiger partial charge in [0, 0.05) is 12.5 Å². The van der Waals surface area contributed by atoms with Crippen molar-refractivity contribution in [3.8, 4) is 5.75 Å². The van der Waals surface area contributed by atoms with Gasteiger partial charge in [-0.2, -0.15) is 0 Å². The first-order valence-corrected chi connectivity index (χ1v) is 8.23. The highest BCUT2D eigenvalue weighted by molar-refractivity contribution is 7.17. The summed E-state index contributed by atoms with van der Waals surface area (Å²) in [5, 5.41) is 3.34. The number of hydrogen-bond acceptors (Lipinski definition) is 5. The third kappa shape index (κ3) is 2.74. The molecule has 1 fully saturated rings. The summed E-state index contributed by atoms with van der Waals surface area (Å²) in [6.07, 6.45) is 1.56. The van der Waals surface area contributed by atoms with E-state index in [-0.39, 0.29) is 11.7 Å². The topological polar surface area (TPSA) is 68.3 Å². The van der Waals surface area contributed by atoms with Crippen molar-refractivity contribution >= 4 is 28.2 Å². The number of hydrogen-bond donors (Lipinski definition) is 1. The summed E-state index contributed by atoms with van der Waals surface area (Å²) in [5.41, 5.74) is 1.00. The number of anilines is 1. The molecule has 6 heteroatoms. The summed E-state index contributed by atoms with van der Waals surface area (Å²) in [5.74, 6) is 0.595. The molecule has 1 N–H and O–H groups in total. The van der Waals surface area contributed by atoms with Crippen LogP contribution in [0.1, 0.15) is 40.7 Å².